The second-order valence-electron chi connectivity index (χ2n) is 6.02. The van der Waals surface area contributed by atoms with Crippen LogP contribution < -0.4 is 5.56 Å². The van der Waals surface area contributed by atoms with Gasteiger partial charge in [-0.25, -0.2) is 9.78 Å². The lowest BCUT2D eigenvalue weighted by Crippen LogP contribution is -2.26. The van der Waals surface area contributed by atoms with E-state index < -0.39 is 29.0 Å². The summed E-state index contributed by atoms with van der Waals surface area (Å²) in [4.78, 5) is 31.8. The maximum Gasteiger partial charge on any atom is 0.433 e. The molecule has 0 aliphatic rings. The number of carboxylic acids is 1. The van der Waals surface area contributed by atoms with Gasteiger partial charge in [-0.2, -0.15) is 13.2 Å². The van der Waals surface area contributed by atoms with Crippen LogP contribution in [-0.4, -0.2) is 25.6 Å². The minimum atomic E-state index is -4.71. The van der Waals surface area contributed by atoms with E-state index in [2.05, 4.69) is 9.97 Å². The highest BCUT2D eigenvalue weighted by atomic mass is 19.4. The van der Waals surface area contributed by atoms with Gasteiger partial charge >= 0.3 is 12.1 Å². The van der Waals surface area contributed by atoms with E-state index in [-0.39, 0.29) is 16.7 Å². The number of benzene rings is 1. The third kappa shape index (κ3) is 2.86. The molecule has 0 atom stereocenters. The van der Waals surface area contributed by atoms with Crippen molar-refractivity contribution in [2.24, 2.45) is 0 Å². The van der Waals surface area contributed by atoms with Crippen LogP contribution in [0, 0.1) is 0 Å². The Morgan fingerprint density at radius 2 is 1.75 bits per heavy atom. The summed E-state index contributed by atoms with van der Waals surface area (Å²) in [6.45, 7) is 0. The van der Waals surface area contributed by atoms with E-state index in [1.807, 2.05) is 0 Å². The zero-order valence-electron chi connectivity index (χ0n) is 13.9. The number of alkyl halides is 3. The Balaban J connectivity index is 2.12. The maximum atomic E-state index is 13.1. The Bertz CT molecular complexity index is 1310. The number of carboxylic acid groups (broad SMARTS) is 1. The van der Waals surface area contributed by atoms with Crippen LogP contribution in [0.15, 0.2) is 59.7 Å². The molecule has 6 nitrogen and oxygen atoms in total. The second kappa shape index (κ2) is 6.15. The normalized spacial score (nSPS) is 11.8. The lowest BCUT2D eigenvalue weighted by Gasteiger charge is -2.14. The van der Waals surface area contributed by atoms with Gasteiger partial charge in [0.15, 0.2) is 0 Å². The van der Waals surface area contributed by atoms with Gasteiger partial charge in [0.1, 0.15) is 16.9 Å². The Morgan fingerprint density at radius 1 is 1.00 bits per heavy atom. The fourth-order valence-electron chi connectivity index (χ4n) is 2.95. The third-order valence-corrected chi connectivity index (χ3v) is 4.25. The largest absolute Gasteiger partial charge is 0.477 e. The molecule has 9 heteroatoms. The van der Waals surface area contributed by atoms with Crippen LogP contribution in [0.25, 0.3) is 27.5 Å². The molecule has 140 valence electrons. The van der Waals surface area contributed by atoms with Crippen LogP contribution >= 0.6 is 0 Å². The number of carbonyl (C=O) groups is 1. The Labute approximate surface area is 154 Å². The minimum Gasteiger partial charge on any atom is -0.477 e. The van der Waals surface area contributed by atoms with Crippen molar-refractivity contribution in [3.8, 4) is 5.69 Å². The number of rotatable bonds is 2. The van der Waals surface area contributed by atoms with E-state index >= 15 is 0 Å². The Morgan fingerprint density at radius 3 is 2.46 bits per heavy atom. The Kier molecular flexibility index (Phi) is 3.88. The van der Waals surface area contributed by atoms with Crippen LogP contribution in [0.3, 0.4) is 0 Å². The van der Waals surface area contributed by atoms with Crippen LogP contribution in [0.5, 0.6) is 0 Å². The maximum absolute atomic E-state index is 13.1. The number of pyridine rings is 3. The molecule has 4 rings (SSSR count). The van der Waals surface area contributed by atoms with E-state index in [1.54, 1.807) is 18.3 Å². The topological polar surface area (TPSA) is 85.1 Å². The molecular weight excluding hydrogens is 375 g/mol. The van der Waals surface area contributed by atoms with Crippen LogP contribution in [-0.2, 0) is 6.18 Å². The zero-order chi connectivity index (χ0) is 20.1. The molecule has 0 aliphatic heterocycles. The van der Waals surface area contributed by atoms with Crippen molar-refractivity contribution in [3.63, 3.8) is 0 Å². The molecule has 0 amide bonds. The third-order valence-electron chi connectivity index (χ3n) is 4.25. The van der Waals surface area contributed by atoms with Crippen molar-refractivity contribution in [2.45, 2.75) is 6.18 Å². The predicted octanol–water partition coefficient (Wildman–Crippen LogP) is 3.65. The van der Waals surface area contributed by atoms with Crippen molar-refractivity contribution in [1.82, 2.24) is 14.5 Å². The minimum absolute atomic E-state index is 0.0938. The summed E-state index contributed by atoms with van der Waals surface area (Å²) in [5.41, 5.74) is -2.83. The van der Waals surface area contributed by atoms with Crippen molar-refractivity contribution in [3.05, 3.63) is 76.5 Å². The zero-order valence-corrected chi connectivity index (χ0v) is 13.9. The number of hydrogen-bond acceptors (Lipinski definition) is 4. The molecule has 0 saturated heterocycles. The fourth-order valence-corrected chi connectivity index (χ4v) is 2.95. The summed E-state index contributed by atoms with van der Waals surface area (Å²) in [7, 11) is 0. The Hall–Kier alpha value is -3.75. The van der Waals surface area contributed by atoms with Gasteiger partial charge in [-0.1, -0.05) is 6.07 Å². The second-order valence-corrected chi connectivity index (χ2v) is 6.02. The summed E-state index contributed by atoms with van der Waals surface area (Å²) in [6.07, 6.45) is -1.61. The van der Waals surface area contributed by atoms with E-state index in [4.69, 9.17) is 0 Å². The molecule has 0 fully saturated rings. The molecule has 0 bridgehead atoms. The molecule has 1 N–H and O–H groups in total. The monoisotopic (exact) mass is 385 g/mol. The average Bonchev–Trinajstić information content (AvgIpc) is 2.65. The lowest BCUT2D eigenvalue weighted by atomic mass is 10.1. The summed E-state index contributed by atoms with van der Waals surface area (Å²) in [5, 5.41) is 10.9. The highest BCUT2D eigenvalue weighted by Crippen LogP contribution is 2.29. The summed E-state index contributed by atoms with van der Waals surface area (Å²) in [5.74, 6) is -1.48. The van der Waals surface area contributed by atoms with Crippen LogP contribution in [0.4, 0.5) is 13.2 Å². The van der Waals surface area contributed by atoms with Crippen LogP contribution in [0.1, 0.15) is 16.1 Å². The van der Waals surface area contributed by atoms with E-state index in [0.717, 1.165) is 28.2 Å². The predicted molar refractivity (Wildman–Crippen MR) is 94.6 cm³/mol. The molecule has 4 aromatic rings. The average molecular weight is 385 g/mol. The number of nitrogens with zero attached hydrogens (tertiary/aromatic N) is 3. The molecule has 0 saturated carbocycles. The number of aromatic carboxylic acids is 1. The van der Waals surface area contributed by atoms with Crippen molar-refractivity contribution in [2.75, 3.05) is 0 Å². The molecule has 0 unspecified atom stereocenters. The van der Waals surface area contributed by atoms with Crippen molar-refractivity contribution < 1.29 is 23.1 Å². The molecule has 1 aromatic carbocycles. The van der Waals surface area contributed by atoms with Crippen molar-refractivity contribution in [1.29, 1.82) is 0 Å². The SMILES string of the molecule is O=C(O)c1cc2ccc(C(F)(F)F)nc2n(-c2ccc3ccncc3c2)c1=O. The smallest absolute Gasteiger partial charge is 0.433 e. The lowest BCUT2D eigenvalue weighted by molar-refractivity contribution is -0.141. The first-order chi connectivity index (χ1) is 13.3. The molecular formula is C19H10F3N3O3. The quantitative estimate of drug-likeness (QED) is 0.569. The summed E-state index contributed by atoms with van der Waals surface area (Å²) >= 11 is 0. The summed E-state index contributed by atoms with van der Waals surface area (Å²) < 4.78 is 40.2. The van der Waals surface area contributed by atoms with Gasteiger partial charge in [0.2, 0.25) is 0 Å². The van der Waals surface area contributed by atoms with E-state index in [1.165, 1.54) is 18.3 Å². The first-order valence-electron chi connectivity index (χ1n) is 7.97. The van der Waals surface area contributed by atoms with Gasteiger partial charge in [0.05, 0.1) is 5.69 Å². The molecule has 3 heterocycles. The molecule has 0 aliphatic carbocycles. The number of aromatic nitrogens is 3. The van der Waals surface area contributed by atoms with Gasteiger partial charge in [0.25, 0.3) is 5.56 Å². The number of hydrogen-bond donors (Lipinski definition) is 1. The molecule has 28 heavy (non-hydrogen) atoms. The fraction of sp³-hybridized carbons (Fsp3) is 0.0526. The molecule has 0 spiro atoms. The van der Waals surface area contributed by atoms with Gasteiger partial charge in [-0.3, -0.25) is 14.3 Å². The molecule has 3 aromatic heterocycles. The van der Waals surface area contributed by atoms with Gasteiger partial charge in [-0.05, 0) is 41.8 Å². The van der Waals surface area contributed by atoms with Crippen molar-refractivity contribution >= 4 is 27.8 Å². The van der Waals surface area contributed by atoms with Gasteiger partial charge in [-0.15, -0.1) is 0 Å². The van der Waals surface area contributed by atoms with Gasteiger partial charge in [0, 0.05) is 23.2 Å². The molecule has 0 radical (unpaired) electrons. The first-order valence-corrected chi connectivity index (χ1v) is 7.97. The standard InChI is InChI=1S/C19H10F3N3O3/c20-19(21,22)15-4-2-11-8-14(18(27)28)17(26)25(16(11)24-15)13-3-1-10-5-6-23-9-12(10)7-13/h1-9H,(H,27,28). The highest BCUT2D eigenvalue weighted by molar-refractivity contribution is 5.93. The number of halogens is 3. The van der Waals surface area contributed by atoms with E-state index in [0.29, 0.717) is 5.39 Å². The van der Waals surface area contributed by atoms with E-state index in [9.17, 15) is 27.9 Å². The number of fused-ring (bicyclic) bond motifs is 2. The first kappa shape index (κ1) is 17.7. The highest BCUT2D eigenvalue weighted by Gasteiger charge is 2.33. The van der Waals surface area contributed by atoms with Gasteiger partial charge < -0.3 is 5.11 Å². The van der Waals surface area contributed by atoms with Crippen LogP contribution in [0.2, 0.25) is 0 Å². The summed E-state index contributed by atoms with van der Waals surface area (Å²) in [6, 6.07) is 9.29.